The summed E-state index contributed by atoms with van der Waals surface area (Å²) in [6.45, 7) is 0. The average Bonchev–Trinajstić information content (AvgIpc) is 1.72. The maximum Gasteiger partial charge on any atom is 0.104 e. The predicted octanol–water partition coefficient (Wildman–Crippen LogP) is 0.154. The second kappa shape index (κ2) is 3.87. The standard InChI is InChI=1S/C4H10N2S/c1-5-4(3-7)6-2/h3,5-7H,1-2H3. The average molecular weight is 118 g/mol. The first-order chi connectivity index (χ1) is 3.35. The fourth-order valence-corrected chi connectivity index (χ4v) is 0.512. The molecule has 0 aliphatic rings. The lowest BCUT2D eigenvalue weighted by molar-refractivity contribution is 0.842. The van der Waals surface area contributed by atoms with Crippen LogP contribution in [0.4, 0.5) is 0 Å². The van der Waals surface area contributed by atoms with Crippen molar-refractivity contribution in [2.75, 3.05) is 14.1 Å². The van der Waals surface area contributed by atoms with Crippen molar-refractivity contribution < 1.29 is 0 Å². The van der Waals surface area contributed by atoms with Gasteiger partial charge in [-0.2, -0.15) is 0 Å². The molecule has 0 radical (unpaired) electrons. The second-order valence-corrected chi connectivity index (χ2v) is 1.30. The van der Waals surface area contributed by atoms with Gasteiger partial charge in [-0.1, -0.05) is 0 Å². The van der Waals surface area contributed by atoms with Gasteiger partial charge >= 0.3 is 0 Å². The third kappa shape index (κ3) is 2.39. The van der Waals surface area contributed by atoms with Gasteiger partial charge in [0, 0.05) is 19.5 Å². The molecular formula is C4H10N2S. The van der Waals surface area contributed by atoms with Gasteiger partial charge in [0.2, 0.25) is 0 Å². The van der Waals surface area contributed by atoms with Gasteiger partial charge < -0.3 is 10.6 Å². The first-order valence-corrected chi connectivity index (χ1v) is 2.56. The summed E-state index contributed by atoms with van der Waals surface area (Å²) >= 11 is 3.89. The topological polar surface area (TPSA) is 24.1 Å². The molecule has 7 heavy (non-hydrogen) atoms. The third-order valence-corrected chi connectivity index (χ3v) is 0.926. The van der Waals surface area contributed by atoms with Crippen LogP contribution >= 0.6 is 12.6 Å². The van der Waals surface area contributed by atoms with E-state index in [1.165, 1.54) is 0 Å². The van der Waals surface area contributed by atoms with E-state index in [0.29, 0.717) is 0 Å². The van der Waals surface area contributed by atoms with E-state index in [1.54, 1.807) is 5.41 Å². The lowest BCUT2D eigenvalue weighted by atomic mass is 10.8. The number of thiol groups is 1. The predicted molar refractivity (Wildman–Crippen MR) is 35.2 cm³/mol. The van der Waals surface area contributed by atoms with Gasteiger partial charge in [-0.3, -0.25) is 0 Å². The highest BCUT2D eigenvalue weighted by Crippen LogP contribution is 1.80. The number of hydrogen-bond acceptors (Lipinski definition) is 3. The molecule has 2 nitrogen and oxygen atoms in total. The van der Waals surface area contributed by atoms with Crippen molar-refractivity contribution in [2.45, 2.75) is 0 Å². The Labute approximate surface area is 49.4 Å². The zero-order valence-corrected chi connectivity index (χ0v) is 5.42. The summed E-state index contributed by atoms with van der Waals surface area (Å²) in [5.41, 5.74) is 0. The normalized spacial score (nSPS) is 7.29. The van der Waals surface area contributed by atoms with Crippen LogP contribution in [-0.4, -0.2) is 14.1 Å². The van der Waals surface area contributed by atoms with E-state index in [0.717, 1.165) is 5.82 Å². The summed E-state index contributed by atoms with van der Waals surface area (Å²) in [7, 11) is 3.66. The highest BCUT2D eigenvalue weighted by Gasteiger charge is 1.77. The highest BCUT2D eigenvalue weighted by molar-refractivity contribution is 7.83. The lowest BCUT2D eigenvalue weighted by Crippen LogP contribution is -2.18. The van der Waals surface area contributed by atoms with Crippen molar-refractivity contribution in [3.05, 3.63) is 11.2 Å². The molecule has 0 spiro atoms. The monoisotopic (exact) mass is 118 g/mol. The Kier molecular flexibility index (Phi) is 3.69. The molecule has 0 aromatic rings. The van der Waals surface area contributed by atoms with Crippen LogP contribution < -0.4 is 10.6 Å². The van der Waals surface area contributed by atoms with Crippen LogP contribution in [0.25, 0.3) is 0 Å². The molecule has 42 valence electrons. The summed E-state index contributed by atoms with van der Waals surface area (Å²) in [6, 6.07) is 0. The Bertz CT molecular complexity index is 64.1. The SMILES string of the molecule is CNC(=CS)NC. The molecule has 0 atom stereocenters. The van der Waals surface area contributed by atoms with E-state index in [4.69, 9.17) is 0 Å². The number of nitrogens with one attached hydrogen (secondary N) is 2. The van der Waals surface area contributed by atoms with Gasteiger partial charge in [-0.05, 0) is 0 Å². The minimum atomic E-state index is 0.920. The fourth-order valence-electron chi connectivity index (χ4n) is 0.254. The van der Waals surface area contributed by atoms with Gasteiger partial charge in [0.1, 0.15) is 5.82 Å². The summed E-state index contributed by atoms with van der Waals surface area (Å²) in [4.78, 5) is 0. The molecule has 3 heteroatoms. The minimum Gasteiger partial charge on any atom is -0.375 e. The molecule has 0 aromatic carbocycles. The summed E-state index contributed by atoms with van der Waals surface area (Å²) in [5, 5.41) is 7.42. The van der Waals surface area contributed by atoms with Crippen LogP contribution in [-0.2, 0) is 0 Å². The Morgan fingerprint density at radius 2 is 1.86 bits per heavy atom. The van der Waals surface area contributed by atoms with Crippen molar-refractivity contribution >= 4 is 12.6 Å². The van der Waals surface area contributed by atoms with Crippen LogP contribution in [0.15, 0.2) is 11.2 Å². The van der Waals surface area contributed by atoms with Crippen LogP contribution in [0.1, 0.15) is 0 Å². The number of rotatable bonds is 2. The minimum absolute atomic E-state index is 0.920. The lowest BCUT2D eigenvalue weighted by Gasteiger charge is -2.00. The van der Waals surface area contributed by atoms with E-state index in [-0.39, 0.29) is 0 Å². The fraction of sp³-hybridized carbons (Fsp3) is 0.500. The second-order valence-electron chi connectivity index (χ2n) is 1.04. The van der Waals surface area contributed by atoms with Gasteiger partial charge in [0.15, 0.2) is 0 Å². The molecular weight excluding hydrogens is 108 g/mol. The van der Waals surface area contributed by atoms with E-state index >= 15 is 0 Å². The first kappa shape index (κ1) is 6.69. The van der Waals surface area contributed by atoms with E-state index < -0.39 is 0 Å². The van der Waals surface area contributed by atoms with Crippen molar-refractivity contribution in [3.63, 3.8) is 0 Å². The molecule has 0 saturated carbocycles. The molecule has 0 saturated heterocycles. The summed E-state index contributed by atoms with van der Waals surface area (Å²) in [5.74, 6) is 0.920. The molecule has 2 N–H and O–H groups in total. The van der Waals surface area contributed by atoms with Gasteiger partial charge in [-0.25, -0.2) is 0 Å². The van der Waals surface area contributed by atoms with Gasteiger partial charge in [0.25, 0.3) is 0 Å². The van der Waals surface area contributed by atoms with E-state index in [1.807, 2.05) is 14.1 Å². The van der Waals surface area contributed by atoms with Crippen LogP contribution in [0, 0.1) is 0 Å². The quantitative estimate of drug-likeness (QED) is 0.450. The molecule has 0 aliphatic heterocycles. The number of hydrogen-bond donors (Lipinski definition) is 3. The molecule has 0 rings (SSSR count). The molecule has 0 amide bonds. The summed E-state index contributed by atoms with van der Waals surface area (Å²) in [6.07, 6.45) is 0. The van der Waals surface area contributed by atoms with Gasteiger partial charge in [0.05, 0.1) is 0 Å². The van der Waals surface area contributed by atoms with E-state index in [2.05, 4.69) is 23.3 Å². The van der Waals surface area contributed by atoms with Crippen LogP contribution in [0.2, 0.25) is 0 Å². The molecule has 0 bridgehead atoms. The molecule has 0 unspecified atom stereocenters. The maximum absolute atomic E-state index is 3.89. The highest BCUT2D eigenvalue weighted by atomic mass is 32.1. The molecule has 0 aromatic heterocycles. The maximum atomic E-state index is 3.89. The van der Waals surface area contributed by atoms with E-state index in [9.17, 15) is 0 Å². The summed E-state index contributed by atoms with van der Waals surface area (Å²) < 4.78 is 0. The molecule has 0 heterocycles. The Balaban J connectivity index is 3.38. The zero-order chi connectivity index (χ0) is 5.70. The zero-order valence-electron chi connectivity index (χ0n) is 4.52. The van der Waals surface area contributed by atoms with Crippen molar-refractivity contribution in [2.24, 2.45) is 0 Å². The smallest absolute Gasteiger partial charge is 0.104 e. The van der Waals surface area contributed by atoms with Crippen molar-refractivity contribution in [3.8, 4) is 0 Å². The van der Waals surface area contributed by atoms with Gasteiger partial charge in [-0.15, -0.1) is 12.6 Å². The Morgan fingerprint density at radius 3 is 1.86 bits per heavy atom. The molecule has 0 aliphatic carbocycles. The van der Waals surface area contributed by atoms with Crippen LogP contribution in [0.5, 0.6) is 0 Å². The largest absolute Gasteiger partial charge is 0.375 e. The van der Waals surface area contributed by atoms with Crippen molar-refractivity contribution in [1.29, 1.82) is 0 Å². The third-order valence-electron chi connectivity index (χ3n) is 0.668. The van der Waals surface area contributed by atoms with Crippen LogP contribution in [0.3, 0.4) is 0 Å². The first-order valence-electron chi connectivity index (χ1n) is 2.05. The Morgan fingerprint density at radius 1 is 1.43 bits per heavy atom. The van der Waals surface area contributed by atoms with Crippen molar-refractivity contribution in [1.82, 2.24) is 10.6 Å². The Hall–Kier alpha value is -0.310. The molecule has 0 fully saturated rings.